The third kappa shape index (κ3) is 3.66. The number of anilines is 1. The van der Waals surface area contributed by atoms with E-state index in [1.54, 1.807) is 11.3 Å². The molecule has 3 aliphatic rings. The van der Waals surface area contributed by atoms with Crippen molar-refractivity contribution in [2.75, 3.05) is 31.1 Å². The summed E-state index contributed by atoms with van der Waals surface area (Å²) in [6.07, 6.45) is 5.51. The molecular formula is C18H26N4O2S. The summed E-state index contributed by atoms with van der Waals surface area (Å²) in [5.41, 5.74) is 1.18. The second-order valence-electron chi connectivity index (χ2n) is 7.31. The summed E-state index contributed by atoms with van der Waals surface area (Å²) in [6.45, 7) is 5.18. The van der Waals surface area contributed by atoms with E-state index >= 15 is 0 Å². The van der Waals surface area contributed by atoms with Crippen molar-refractivity contribution in [1.82, 2.24) is 15.2 Å². The first-order valence-corrected chi connectivity index (χ1v) is 10.3. The molecule has 0 spiro atoms. The van der Waals surface area contributed by atoms with Crippen molar-refractivity contribution in [3.8, 4) is 0 Å². The number of thiazole rings is 1. The zero-order valence-corrected chi connectivity index (χ0v) is 15.6. The Morgan fingerprint density at radius 1 is 1.20 bits per heavy atom. The molecule has 1 saturated heterocycles. The number of hydrogen-bond donors (Lipinski definition) is 1. The number of hydrogen-bond acceptors (Lipinski definition) is 5. The van der Waals surface area contributed by atoms with E-state index in [4.69, 9.17) is 4.98 Å². The van der Waals surface area contributed by atoms with Crippen molar-refractivity contribution in [3.05, 3.63) is 10.6 Å². The van der Waals surface area contributed by atoms with Crippen molar-refractivity contribution in [3.63, 3.8) is 0 Å². The van der Waals surface area contributed by atoms with Gasteiger partial charge in [-0.2, -0.15) is 0 Å². The highest BCUT2D eigenvalue weighted by Crippen LogP contribution is 2.35. The number of piperazine rings is 1. The number of aromatic nitrogens is 1. The Hall–Kier alpha value is -1.63. The highest BCUT2D eigenvalue weighted by Gasteiger charge is 2.32. The normalized spacial score (nSPS) is 23.3. The molecule has 2 amide bonds. The number of carbonyl (C=O) groups excluding carboxylic acids is 2. The first kappa shape index (κ1) is 16.8. The summed E-state index contributed by atoms with van der Waals surface area (Å²) < 4.78 is 0. The Bertz CT molecular complexity index is 662. The van der Waals surface area contributed by atoms with E-state index < -0.39 is 0 Å². The van der Waals surface area contributed by atoms with Crippen molar-refractivity contribution in [1.29, 1.82) is 0 Å². The van der Waals surface area contributed by atoms with Crippen LogP contribution in [0, 0.1) is 5.92 Å². The summed E-state index contributed by atoms with van der Waals surface area (Å²) in [5, 5.41) is 4.21. The third-order valence-electron chi connectivity index (χ3n) is 5.43. The van der Waals surface area contributed by atoms with Gasteiger partial charge in [-0.1, -0.05) is 6.92 Å². The zero-order chi connectivity index (χ0) is 17.4. The van der Waals surface area contributed by atoms with Crippen molar-refractivity contribution >= 4 is 28.3 Å². The minimum atomic E-state index is 0.112. The summed E-state index contributed by atoms with van der Waals surface area (Å²) in [4.78, 5) is 34.5. The van der Waals surface area contributed by atoms with Gasteiger partial charge < -0.3 is 15.1 Å². The molecule has 0 unspecified atom stereocenters. The minimum Gasteiger partial charge on any atom is -0.353 e. The average Bonchev–Trinajstić information content (AvgIpc) is 3.35. The molecular weight excluding hydrogens is 336 g/mol. The second-order valence-corrected chi connectivity index (χ2v) is 8.37. The number of fused-ring (bicyclic) bond motifs is 1. The fraction of sp³-hybridized carbons (Fsp3) is 0.722. The third-order valence-corrected chi connectivity index (χ3v) is 6.61. The van der Waals surface area contributed by atoms with Crippen LogP contribution in [0.15, 0.2) is 0 Å². The molecule has 1 aliphatic heterocycles. The molecule has 6 nitrogen and oxygen atoms in total. The Morgan fingerprint density at radius 3 is 2.64 bits per heavy atom. The standard InChI is InChI=1S/C18H26N4O2S/c1-2-16(23)21-7-9-22(10-8-21)18-20-14-6-3-12(11-15(14)25-18)17(24)19-13-4-5-13/h12-13H,2-11H2,1H3,(H,19,24)/t12-/m0/s1. The van der Waals surface area contributed by atoms with Crippen LogP contribution in [0.3, 0.4) is 0 Å². The molecule has 1 N–H and O–H groups in total. The molecule has 0 radical (unpaired) electrons. The fourth-order valence-corrected chi connectivity index (χ4v) is 4.88. The summed E-state index contributed by atoms with van der Waals surface area (Å²) in [6, 6.07) is 0.438. The van der Waals surface area contributed by atoms with Gasteiger partial charge in [0.1, 0.15) is 0 Å². The second kappa shape index (κ2) is 6.94. The summed E-state index contributed by atoms with van der Waals surface area (Å²) in [5.74, 6) is 0.581. The lowest BCUT2D eigenvalue weighted by atomic mass is 9.90. The maximum atomic E-state index is 12.3. The van der Waals surface area contributed by atoms with Gasteiger partial charge >= 0.3 is 0 Å². The van der Waals surface area contributed by atoms with Crippen LogP contribution in [-0.2, 0) is 22.4 Å². The van der Waals surface area contributed by atoms with Crippen LogP contribution in [0.4, 0.5) is 5.13 Å². The first-order chi connectivity index (χ1) is 12.1. The number of carbonyl (C=O) groups is 2. The number of nitrogens with zero attached hydrogens (tertiary/aromatic N) is 3. The SMILES string of the molecule is CCC(=O)N1CCN(c2nc3c(s2)C[C@@H](C(=O)NC2CC2)CC3)CC1. The first-order valence-electron chi connectivity index (χ1n) is 9.45. The molecule has 2 aliphatic carbocycles. The molecule has 2 heterocycles. The zero-order valence-electron chi connectivity index (χ0n) is 14.8. The molecule has 136 valence electrons. The van der Waals surface area contributed by atoms with Gasteiger partial charge in [-0.25, -0.2) is 4.98 Å². The fourth-order valence-electron chi connectivity index (χ4n) is 3.64. The van der Waals surface area contributed by atoms with Crippen LogP contribution in [0.5, 0.6) is 0 Å². The van der Waals surface area contributed by atoms with Gasteiger partial charge in [-0.15, -0.1) is 11.3 Å². The predicted molar refractivity (Wildman–Crippen MR) is 97.9 cm³/mol. The van der Waals surface area contributed by atoms with Gasteiger partial charge in [-0.05, 0) is 32.1 Å². The van der Waals surface area contributed by atoms with Gasteiger partial charge in [0.25, 0.3) is 0 Å². The van der Waals surface area contributed by atoms with E-state index in [0.29, 0.717) is 12.5 Å². The lowest BCUT2D eigenvalue weighted by molar-refractivity contribution is -0.131. The van der Waals surface area contributed by atoms with Crippen LogP contribution in [0.1, 0.15) is 43.2 Å². The maximum absolute atomic E-state index is 12.3. The summed E-state index contributed by atoms with van der Waals surface area (Å²) in [7, 11) is 0. The van der Waals surface area contributed by atoms with Crippen LogP contribution < -0.4 is 10.2 Å². The number of aryl methyl sites for hydroxylation is 1. The van der Waals surface area contributed by atoms with E-state index in [9.17, 15) is 9.59 Å². The van der Waals surface area contributed by atoms with Crippen LogP contribution in [0.2, 0.25) is 0 Å². The minimum absolute atomic E-state index is 0.112. The lowest BCUT2D eigenvalue weighted by Gasteiger charge is -2.34. The molecule has 0 aromatic carbocycles. The Kier molecular flexibility index (Phi) is 4.67. The highest BCUT2D eigenvalue weighted by molar-refractivity contribution is 7.15. The van der Waals surface area contributed by atoms with Gasteiger partial charge in [0.15, 0.2) is 5.13 Å². The Labute approximate surface area is 152 Å². The largest absolute Gasteiger partial charge is 0.353 e. The molecule has 4 rings (SSSR count). The van der Waals surface area contributed by atoms with Crippen molar-refractivity contribution < 1.29 is 9.59 Å². The number of nitrogens with one attached hydrogen (secondary N) is 1. The lowest BCUT2D eigenvalue weighted by Crippen LogP contribution is -2.48. The molecule has 1 aromatic heterocycles. The predicted octanol–water partition coefficient (Wildman–Crippen LogP) is 1.59. The topological polar surface area (TPSA) is 65.5 Å². The van der Waals surface area contributed by atoms with Crippen LogP contribution in [-0.4, -0.2) is 53.9 Å². The Morgan fingerprint density at radius 2 is 1.96 bits per heavy atom. The molecule has 0 bridgehead atoms. The smallest absolute Gasteiger partial charge is 0.223 e. The van der Waals surface area contributed by atoms with Gasteiger partial charge in [0.2, 0.25) is 11.8 Å². The van der Waals surface area contributed by atoms with Gasteiger partial charge in [0, 0.05) is 49.4 Å². The number of amides is 2. The Balaban J connectivity index is 1.37. The summed E-state index contributed by atoms with van der Waals surface area (Å²) >= 11 is 1.74. The molecule has 25 heavy (non-hydrogen) atoms. The number of rotatable bonds is 4. The molecule has 1 atom stereocenters. The monoisotopic (exact) mass is 362 g/mol. The van der Waals surface area contributed by atoms with Crippen molar-refractivity contribution in [2.24, 2.45) is 5.92 Å². The molecule has 2 fully saturated rings. The van der Waals surface area contributed by atoms with Gasteiger partial charge in [0.05, 0.1) is 5.69 Å². The van der Waals surface area contributed by atoms with E-state index in [2.05, 4.69) is 10.2 Å². The van der Waals surface area contributed by atoms with Crippen LogP contribution in [0.25, 0.3) is 0 Å². The molecule has 7 heteroatoms. The average molecular weight is 362 g/mol. The highest BCUT2D eigenvalue weighted by atomic mass is 32.1. The van der Waals surface area contributed by atoms with E-state index in [1.807, 2.05) is 11.8 Å². The quantitative estimate of drug-likeness (QED) is 0.883. The van der Waals surface area contributed by atoms with E-state index in [1.165, 1.54) is 10.6 Å². The van der Waals surface area contributed by atoms with E-state index in [0.717, 1.165) is 63.4 Å². The molecule has 1 aromatic rings. The molecule has 1 saturated carbocycles. The van der Waals surface area contributed by atoms with Crippen molar-refractivity contribution in [2.45, 2.75) is 51.5 Å². The van der Waals surface area contributed by atoms with Gasteiger partial charge in [-0.3, -0.25) is 9.59 Å². The van der Waals surface area contributed by atoms with Crippen LogP contribution >= 0.6 is 11.3 Å². The van der Waals surface area contributed by atoms with E-state index in [-0.39, 0.29) is 17.7 Å². The maximum Gasteiger partial charge on any atom is 0.223 e.